The SMILES string of the molecule is Cc1nc(Br)cc(N2CCCN(C(=O)OC(C)(C)C)CC2)n1. The summed E-state index contributed by atoms with van der Waals surface area (Å²) in [5, 5.41) is 0. The van der Waals surface area contributed by atoms with Crippen molar-refractivity contribution in [3.05, 3.63) is 16.5 Å². The number of anilines is 1. The quantitative estimate of drug-likeness (QED) is 0.711. The Morgan fingerprint density at radius 1 is 1.23 bits per heavy atom. The minimum Gasteiger partial charge on any atom is -0.444 e. The Labute approximate surface area is 140 Å². The second-order valence-corrected chi connectivity index (χ2v) is 7.22. The summed E-state index contributed by atoms with van der Waals surface area (Å²) in [5.41, 5.74) is -0.461. The molecule has 1 aromatic heterocycles. The Balaban J connectivity index is 2.02. The van der Waals surface area contributed by atoms with E-state index in [0.29, 0.717) is 13.1 Å². The van der Waals surface area contributed by atoms with Crippen molar-refractivity contribution in [3.8, 4) is 0 Å². The molecule has 22 heavy (non-hydrogen) atoms. The van der Waals surface area contributed by atoms with Gasteiger partial charge in [0.2, 0.25) is 0 Å². The summed E-state index contributed by atoms with van der Waals surface area (Å²) >= 11 is 3.40. The molecule has 0 spiro atoms. The Kier molecular flexibility index (Phi) is 5.26. The summed E-state index contributed by atoms with van der Waals surface area (Å²) in [5.74, 6) is 1.63. The van der Waals surface area contributed by atoms with Gasteiger partial charge in [0.1, 0.15) is 21.8 Å². The van der Waals surface area contributed by atoms with E-state index in [1.807, 2.05) is 33.8 Å². The van der Waals surface area contributed by atoms with Crippen LogP contribution in [0.4, 0.5) is 10.6 Å². The van der Waals surface area contributed by atoms with Crippen molar-refractivity contribution in [1.82, 2.24) is 14.9 Å². The molecule has 1 aliphatic rings. The van der Waals surface area contributed by atoms with Gasteiger partial charge in [-0.1, -0.05) is 0 Å². The number of aromatic nitrogens is 2. The van der Waals surface area contributed by atoms with Crippen LogP contribution in [0.5, 0.6) is 0 Å². The van der Waals surface area contributed by atoms with Crippen molar-refractivity contribution in [2.45, 2.75) is 39.7 Å². The molecule has 122 valence electrons. The zero-order chi connectivity index (χ0) is 16.3. The number of amides is 1. The lowest BCUT2D eigenvalue weighted by Crippen LogP contribution is -2.39. The third-order valence-corrected chi connectivity index (χ3v) is 3.67. The van der Waals surface area contributed by atoms with Crippen LogP contribution in [0.25, 0.3) is 0 Å². The molecule has 2 heterocycles. The second kappa shape index (κ2) is 6.81. The van der Waals surface area contributed by atoms with E-state index >= 15 is 0 Å². The largest absolute Gasteiger partial charge is 0.444 e. The molecule has 0 saturated carbocycles. The molecule has 1 aromatic rings. The van der Waals surface area contributed by atoms with Crippen LogP contribution in [0.3, 0.4) is 0 Å². The van der Waals surface area contributed by atoms with Crippen molar-refractivity contribution in [2.24, 2.45) is 0 Å². The first kappa shape index (κ1) is 17.0. The highest BCUT2D eigenvalue weighted by molar-refractivity contribution is 9.10. The molecule has 0 N–H and O–H groups in total. The first-order valence-corrected chi connectivity index (χ1v) is 8.28. The lowest BCUT2D eigenvalue weighted by atomic mass is 10.2. The fourth-order valence-corrected chi connectivity index (χ4v) is 2.80. The summed E-state index contributed by atoms with van der Waals surface area (Å²) < 4.78 is 6.23. The van der Waals surface area contributed by atoms with Crippen molar-refractivity contribution in [3.63, 3.8) is 0 Å². The van der Waals surface area contributed by atoms with Crippen LogP contribution in [-0.4, -0.2) is 52.7 Å². The minimum absolute atomic E-state index is 0.241. The van der Waals surface area contributed by atoms with Gasteiger partial charge >= 0.3 is 6.09 Å². The molecule has 1 saturated heterocycles. The van der Waals surface area contributed by atoms with Gasteiger partial charge in [0, 0.05) is 32.2 Å². The predicted octanol–water partition coefficient (Wildman–Crippen LogP) is 2.99. The fourth-order valence-electron chi connectivity index (χ4n) is 2.33. The van der Waals surface area contributed by atoms with Crippen molar-refractivity contribution < 1.29 is 9.53 Å². The first-order chi connectivity index (χ1) is 10.2. The van der Waals surface area contributed by atoms with Gasteiger partial charge in [-0.25, -0.2) is 14.8 Å². The third kappa shape index (κ3) is 4.83. The average Bonchev–Trinajstić information content (AvgIpc) is 2.61. The first-order valence-electron chi connectivity index (χ1n) is 7.49. The monoisotopic (exact) mass is 370 g/mol. The normalized spacial score (nSPS) is 16.4. The van der Waals surface area contributed by atoms with E-state index in [2.05, 4.69) is 30.8 Å². The van der Waals surface area contributed by atoms with Crippen LogP contribution in [0, 0.1) is 6.92 Å². The van der Waals surface area contributed by atoms with Gasteiger partial charge < -0.3 is 14.5 Å². The van der Waals surface area contributed by atoms with Gasteiger partial charge in [0.15, 0.2) is 0 Å². The Morgan fingerprint density at radius 3 is 2.59 bits per heavy atom. The second-order valence-electron chi connectivity index (χ2n) is 6.40. The summed E-state index contributed by atoms with van der Waals surface area (Å²) in [6.07, 6.45) is 0.648. The van der Waals surface area contributed by atoms with Gasteiger partial charge in [-0.2, -0.15) is 0 Å². The molecular weight excluding hydrogens is 348 g/mol. The van der Waals surface area contributed by atoms with E-state index in [9.17, 15) is 4.79 Å². The number of hydrogen-bond acceptors (Lipinski definition) is 5. The van der Waals surface area contributed by atoms with Crippen LogP contribution in [-0.2, 0) is 4.74 Å². The number of halogens is 1. The van der Waals surface area contributed by atoms with Crippen LogP contribution in [0.1, 0.15) is 33.0 Å². The summed E-state index contributed by atoms with van der Waals surface area (Å²) in [6, 6.07) is 1.91. The van der Waals surface area contributed by atoms with E-state index in [1.54, 1.807) is 4.90 Å². The maximum absolute atomic E-state index is 12.2. The van der Waals surface area contributed by atoms with E-state index in [-0.39, 0.29) is 6.09 Å². The van der Waals surface area contributed by atoms with Crippen molar-refractivity contribution >= 4 is 27.8 Å². The smallest absolute Gasteiger partial charge is 0.410 e. The molecule has 0 aromatic carbocycles. The number of nitrogens with zero attached hydrogens (tertiary/aromatic N) is 4. The molecular formula is C15H23BrN4O2. The van der Waals surface area contributed by atoms with Crippen LogP contribution in [0.15, 0.2) is 10.7 Å². The molecule has 1 amide bonds. The molecule has 1 fully saturated rings. The molecule has 1 aliphatic heterocycles. The number of carbonyl (C=O) groups excluding carboxylic acids is 1. The minimum atomic E-state index is -0.461. The van der Waals surface area contributed by atoms with Gasteiger partial charge in [0.05, 0.1) is 0 Å². The molecule has 0 atom stereocenters. The predicted molar refractivity (Wildman–Crippen MR) is 89.1 cm³/mol. The number of rotatable bonds is 1. The van der Waals surface area contributed by atoms with Crippen molar-refractivity contribution in [2.75, 3.05) is 31.1 Å². The van der Waals surface area contributed by atoms with Crippen LogP contribution in [0.2, 0.25) is 0 Å². The van der Waals surface area contributed by atoms with Crippen LogP contribution < -0.4 is 4.90 Å². The maximum Gasteiger partial charge on any atom is 0.410 e. The maximum atomic E-state index is 12.2. The molecule has 7 heteroatoms. The molecule has 0 bridgehead atoms. The number of carbonyl (C=O) groups is 1. The standard InChI is InChI=1S/C15H23BrN4O2/c1-11-17-12(16)10-13(18-11)19-6-5-7-20(9-8-19)14(21)22-15(2,3)4/h10H,5-9H2,1-4H3. The van der Waals surface area contributed by atoms with E-state index in [0.717, 1.165) is 35.8 Å². The fraction of sp³-hybridized carbons (Fsp3) is 0.667. The Morgan fingerprint density at radius 2 is 1.95 bits per heavy atom. The third-order valence-electron chi connectivity index (χ3n) is 3.26. The molecule has 0 unspecified atom stereocenters. The lowest BCUT2D eigenvalue weighted by Gasteiger charge is -2.26. The highest BCUT2D eigenvalue weighted by Crippen LogP contribution is 2.19. The molecule has 0 aliphatic carbocycles. The summed E-state index contributed by atoms with van der Waals surface area (Å²) in [7, 11) is 0. The highest BCUT2D eigenvalue weighted by Gasteiger charge is 2.24. The van der Waals surface area contributed by atoms with E-state index in [4.69, 9.17) is 4.74 Å². The van der Waals surface area contributed by atoms with Gasteiger partial charge in [-0.3, -0.25) is 0 Å². The van der Waals surface area contributed by atoms with Crippen molar-refractivity contribution in [1.29, 1.82) is 0 Å². The molecule has 0 radical (unpaired) electrons. The number of aryl methyl sites for hydroxylation is 1. The Bertz CT molecular complexity index is 525. The lowest BCUT2D eigenvalue weighted by molar-refractivity contribution is 0.0263. The topological polar surface area (TPSA) is 58.6 Å². The zero-order valence-corrected chi connectivity index (χ0v) is 15.2. The van der Waals surface area contributed by atoms with Crippen LogP contribution >= 0.6 is 15.9 Å². The van der Waals surface area contributed by atoms with Gasteiger partial charge in [0.25, 0.3) is 0 Å². The summed E-state index contributed by atoms with van der Waals surface area (Å²) in [6.45, 7) is 10.5. The number of hydrogen-bond donors (Lipinski definition) is 0. The molecule has 2 rings (SSSR count). The highest BCUT2D eigenvalue weighted by atomic mass is 79.9. The molecule has 6 nitrogen and oxygen atoms in total. The Hall–Kier alpha value is -1.37. The van der Waals surface area contributed by atoms with E-state index in [1.165, 1.54) is 0 Å². The van der Waals surface area contributed by atoms with E-state index < -0.39 is 5.60 Å². The van der Waals surface area contributed by atoms with Gasteiger partial charge in [-0.15, -0.1) is 0 Å². The average molecular weight is 371 g/mol. The summed E-state index contributed by atoms with van der Waals surface area (Å²) in [4.78, 5) is 24.8. The van der Waals surface area contributed by atoms with Gasteiger partial charge in [-0.05, 0) is 50.0 Å². The zero-order valence-electron chi connectivity index (χ0n) is 13.6. The number of ether oxygens (including phenoxy) is 1.